The third-order valence-corrected chi connectivity index (χ3v) is 6.79. The van der Waals surface area contributed by atoms with Gasteiger partial charge in [-0.25, -0.2) is 4.67 Å². The molecule has 1 aliphatic heterocycles. The Hall–Kier alpha value is -0.440. The van der Waals surface area contributed by atoms with Crippen molar-refractivity contribution in [1.29, 1.82) is 0 Å². The molecule has 20 heavy (non-hydrogen) atoms. The standard InChI is InChI=1S/C15H26NO3P/c1-12(2)16-9-8-13(3)19-20(16,18)10-4-5-14-6-7-15(17)11-14/h4,10,12-14H,5-9,11H2,1-3H3/b10-4+/t13-,14?,20+/m0/s1. The first-order chi connectivity index (χ1) is 9.40. The molecular formula is C15H26NO3P. The Labute approximate surface area is 122 Å². The summed E-state index contributed by atoms with van der Waals surface area (Å²) in [5.41, 5.74) is 0. The van der Waals surface area contributed by atoms with Gasteiger partial charge >= 0.3 is 0 Å². The topological polar surface area (TPSA) is 46.6 Å². The van der Waals surface area contributed by atoms with Crippen LogP contribution < -0.4 is 0 Å². The van der Waals surface area contributed by atoms with Crippen molar-refractivity contribution < 1.29 is 13.9 Å². The molecule has 2 rings (SSSR count). The van der Waals surface area contributed by atoms with Gasteiger partial charge in [-0.05, 0) is 46.0 Å². The maximum atomic E-state index is 13.0. The fraction of sp³-hybridized carbons (Fsp3) is 0.800. The Balaban J connectivity index is 1.99. The molecule has 0 aromatic rings. The molecule has 1 unspecified atom stereocenters. The second kappa shape index (κ2) is 6.55. The first-order valence-electron chi connectivity index (χ1n) is 7.65. The first kappa shape index (κ1) is 15.9. The molecule has 0 aromatic heterocycles. The Morgan fingerprint density at radius 3 is 2.80 bits per heavy atom. The summed E-state index contributed by atoms with van der Waals surface area (Å²) in [5.74, 6) is 2.56. The highest BCUT2D eigenvalue weighted by Crippen LogP contribution is 2.57. The average Bonchev–Trinajstić information content (AvgIpc) is 2.74. The zero-order valence-corrected chi connectivity index (χ0v) is 13.6. The number of hydrogen-bond donors (Lipinski definition) is 0. The van der Waals surface area contributed by atoms with Crippen molar-refractivity contribution in [1.82, 2.24) is 4.67 Å². The van der Waals surface area contributed by atoms with Crippen LogP contribution in [-0.2, 0) is 13.9 Å². The van der Waals surface area contributed by atoms with Crippen molar-refractivity contribution in [3.05, 3.63) is 11.9 Å². The Morgan fingerprint density at radius 2 is 2.20 bits per heavy atom. The largest absolute Gasteiger partial charge is 0.311 e. The van der Waals surface area contributed by atoms with E-state index in [-0.39, 0.29) is 12.1 Å². The molecule has 114 valence electrons. The molecule has 0 radical (unpaired) electrons. The lowest BCUT2D eigenvalue weighted by Gasteiger charge is -2.38. The minimum atomic E-state index is -2.84. The number of Topliss-reactive ketones (excluding diaryl/α,β-unsaturated/α-hetero) is 1. The van der Waals surface area contributed by atoms with Gasteiger partial charge in [-0.3, -0.25) is 9.36 Å². The highest BCUT2D eigenvalue weighted by atomic mass is 31.2. The second-order valence-electron chi connectivity index (χ2n) is 6.29. The fourth-order valence-electron chi connectivity index (χ4n) is 3.00. The molecule has 1 heterocycles. The number of carbonyl (C=O) groups is 1. The highest BCUT2D eigenvalue weighted by molar-refractivity contribution is 7.59. The summed E-state index contributed by atoms with van der Waals surface area (Å²) in [6.07, 6.45) is 6.14. The second-order valence-corrected chi connectivity index (χ2v) is 8.44. The van der Waals surface area contributed by atoms with Crippen molar-refractivity contribution >= 4 is 13.3 Å². The summed E-state index contributed by atoms with van der Waals surface area (Å²) in [5, 5.41) is 0. The monoisotopic (exact) mass is 299 g/mol. The lowest BCUT2D eigenvalue weighted by atomic mass is 10.0. The number of rotatable bonds is 4. The molecule has 1 saturated heterocycles. The van der Waals surface area contributed by atoms with Crippen molar-refractivity contribution in [2.75, 3.05) is 6.54 Å². The predicted molar refractivity (Wildman–Crippen MR) is 80.7 cm³/mol. The Morgan fingerprint density at radius 1 is 1.45 bits per heavy atom. The van der Waals surface area contributed by atoms with Crippen LogP contribution in [0, 0.1) is 5.92 Å². The van der Waals surface area contributed by atoms with Crippen LogP contribution in [0.2, 0.25) is 0 Å². The minimum Gasteiger partial charge on any atom is -0.311 e. The first-order valence-corrected chi connectivity index (χ1v) is 9.30. The summed E-state index contributed by atoms with van der Waals surface area (Å²) >= 11 is 0. The van der Waals surface area contributed by atoms with Crippen molar-refractivity contribution in [3.8, 4) is 0 Å². The molecule has 1 saturated carbocycles. The summed E-state index contributed by atoms with van der Waals surface area (Å²) in [6, 6.07) is 0.214. The molecule has 0 N–H and O–H groups in total. The quantitative estimate of drug-likeness (QED) is 0.737. The van der Waals surface area contributed by atoms with Gasteiger partial charge in [0, 0.05) is 31.2 Å². The van der Waals surface area contributed by atoms with Crippen LogP contribution in [0.4, 0.5) is 0 Å². The number of nitrogens with zero attached hydrogens (tertiary/aromatic N) is 1. The van der Waals surface area contributed by atoms with Crippen LogP contribution in [0.1, 0.15) is 52.9 Å². The summed E-state index contributed by atoms with van der Waals surface area (Å²) in [7, 11) is -2.84. The van der Waals surface area contributed by atoms with Crippen LogP contribution in [-0.4, -0.2) is 29.1 Å². The smallest absolute Gasteiger partial charge is 0.295 e. The van der Waals surface area contributed by atoms with E-state index in [4.69, 9.17) is 4.52 Å². The van der Waals surface area contributed by atoms with Crippen molar-refractivity contribution in [2.45, 2.75) is 65.0 Å². The maximum Gasteiger partial charge on any atom is 0.295 e. The lowest BCUT2D eigenvalue weighted by molar-refractivity contribution is -0.117. The van der Waals surface area contributed by atoms with E-state index in [2.05, 4.69) is 13.8 Å². The third kappa shape index (κ3) is 3.81. The maximum absolute atomic E-state index is 13.0. The zero-order chi connectivity index (χ0) is 14.8. The SMILES string of the molecule is CC(C)N1CC[C@H](C)O[P@]1(=O)/C=C/CC1CCC(=O)C1. The molecule has 4 nitrogen and oxygen atoms in total. The fourth-order valence-corrected chi connectivity index (χ4v) is 5.41. The van der Waals surface area contributed by atoms with E-state index in [1.165, 1.54) is 0 Å². The third-order valence-electron chi connectivity index (χ3n) is 4.16. The van der Waals surface area contributed by atoms with Gasteiger partial charge in [0.2, 0.25) is 0 Å². The molecule has 0 amide bonds. The number of hydrogen-bond acceptors (Lipinski definition) is 3. The van der Waals surface area contributed by atoms with E-state index in [0.717, 1.165) is 25.8 Å². The van der Waals surface area contributed by atoms with Gasteiger partial charge in [0.15, 0.2) is 0 Å². The van der Waals surface area contributed by atoms with Gasteiger partial charge in [0.1, 0.15) is 5.78 Å². The average molecular weight is 299 g/mol. The van der Waals surface area contributed by atoms with Gasteiger partial charge in [-0.2, -0.15) is 0 Å². The number of allylic oxidation sites excluding steroid dienone is 1. The molecular weight excluding hydrogens is 273 g/mol. The number of carbonyl (C=O) groups excluding carboxylic acids is 1. The van der Waals surface area contributed by atoms with Gasteiger partial charge in [0.05, 0.1) is 6.10 Å². The van der Waals surface area contributed by atoms with Crippen LogP contribution in [0.5, 0.6) is 0 Å². The summed E-state index contributed by atoms with van der Waals surface area (Å²) < 4.78 is 20.7. The van der Waals surface area contributed by atoms with E-state index < -0.39 is 7.52 Å². The normalized spacial score (nSPS) is 36.3. The van der Waals surface area contributed by atoms with E-state index in [1.54, 1.807) is 5.82 Å². The predicted octanol–water partition coefficient (Wildman–Crippen LogP) is 3.97. The van der Waals surface area contributed by atoms with E-state index in [1.807, 2.05) is 17.7 Å². The highest BCUT2D eigenvalue weighted by Gasteiger charge is 2.37. The Kier molecular flexibility index (Phi) is 5.22. The van der Waals surface area contributed by atoms with Crippen molar-refractivity contribution in [3.63, 3.8) is 0 Å². The minimum absolute atomic E-state index is 0.0496. The van der Waals surface area contributed by atoms with Crippen LogP contribution in [0.3, 0.4) is 0 Å². The summed E-state index contributed by atoms with van der Waals surface area (Å²) in [4.78, 5) is 11.3. The Bertz CT molecular complexity index is 433. The lowest BCUT2D eigenvalue weighted by Crippen LogP contribution is -2.36. The van der Waals surface area contributed by atoms with E-state index in [0.29, 0.717) is 24.5 Å². The van der Waals surface area contributed by atoms with Gasteiger partial charge in [-0.15, -0.1) is 0 Å². The number of ketones is 1. The van der Waals surface area contributed by atoms with Crippen LogP contribution >= 0.6 is 7.52 Å². The zero-order valence-electron chi connectivity index (χ0n) is 12.7. The molecule has 5 heteroatoms. The molecule has 3 atom stereocenters. The summed E-state index contributed by atoms with van der Waals surface area (Å²) in [6.45, 7) is 6.90. The van der Waals surface area contributed by atoms with Gasteiger partial charge in [-0.1, -0.05) is 6.08 Å². The molecule has 0 spiro atoms. The van der Waals surface area contributed by atoms with Crippen molar-refractivity contribution in [2.24, 2.45) is 5.92 Å². The molecule has 1 aliphatic carbocycles. The van der Waals surface area contributed by atoms with Gasteiger partial charge in [0.25, 0.3) is 7.52 Å². The molecule has 2 fully saturated rings. The molecule has 2 aliphatic rings. The van der Waals surface area contributed by atoms with Crippen LogP contribution in [0.15, 0.2) is 11.9 Å². The van der Waals surface area contributed by atoms with Gasteiger partial charge < -0.3 is 4.52 Å². The van der Waals surface area contributed by atoms with Crippen LogP contribution in [0.25, 0.3) is 0 Å². The van der Waals surface area contributed by atoms with E-state index in [9.17, 15) is 9.36 Å². The molecule has 0 bridgehead atoms. The van der Waals surface area contributed by atoms with E-state index >= 15 is 0 Å². The molecule has 0 aromatic carbocycles.